The van der Waals surface area contributed by atoms with Gasteiger partial charge in [0.1, 0.15) is 6.10 Å². The molecule has 0 radical (unpaired) electrons. The Morgan fingerprint density at radius 3 is 2.69 bits per heavy atom. The Balaban J connectivity index is 2.31. The largest absolute Gasteiger partial charge is 0.481 e. The van der Waals surface area contributed by atoms with Gasteiger partial charge in [-0.2, -0.15) is 0 Å². The number of carboxylic acids is 1. The molecule has 1 fully saturated rings. The minimum atomic E-state index is -0.890. The van der Waals surface area contributed by atoms with Crippen LogP contribution >= 0.6 is 0 Å². The molecule has 1 heterocycles. The summed E-state index contributed by atoms with van der Waals surface area (Å²) in [6, 6.07) is 0. The van der Waals surface area contributed by atoms with Crippen LogP contribution < -0.4 is 0 Å². The number of ether oxygens (including phenoxy) is 1. The molecule has 1 rings (SSSR count). The van der Waals surface area contributed by atoms with Crippen molar-refractivity contribution in [2.24, 2.45) is 0 Å². The maximum absolute atomic E-state index is 10.5. The average molecular weight is 370 g/mol. The van der Waals surface area contributed by atoms with E-state index in [-0.39, 0.29) is 6.42 Å². The van der Waals surface area contributed by atoms with Gasteiger partial charge < -0.3 is 25.2 Å². The zero-order chi connectivity index (χ0) is 19.4. The van der Waals surface area contributed by atoms with E-state index < -0.39 is 36.5 Å². The Bertz CT molecular complexity index is 448. The average Bonchev–Trinajstić information content (AvgIpc) is 2.96. The van der Waals surface area contributed by atoms with Crippen LogP contribution in [0.4, 0.5) is 0 Å². The van der Waals surface area contributed by atoms with Gasteiger partial charge in [0.25, 0.3) is 0 Å². The molecule has 0 aromatic heterocycles. The normalized spacial score (nSPS) is 25.9. The topological polar surface area (TPSA) is 107 Å². The van der Waals surface area contributed by atoms with Crippen molar-refractivity contribution in [3.05, 3.63) is 24.3 Å². The van der Waals surface area contributed by atoms with Crippen LogP contribution in [0.5, 0.6) is 0 Å². The quantitative estimate of drug-likeness (QED) is 0.293. The van der Waals surface area contributed by atoms with Crippen LogP contribution in [0.2, 0.25) is 0 Å². The van der Waals surface area contributed by atoms with Crippen LogP contribution in [0.3, 0.4) is 0 Å². The summed E-state index contributed by atoms with van der Waals surface area (Å²) in [6.45, 7) is 2.16. The molecule has 0 aliphatic carbocycles. The number of carboxylic acid groups (broad SMARTS) is 1. The molecule has 6 nitrogen and oxygen atoms in total. The van der Waals surface area contributed by atoms with Crippen LogP contribution in [0.1, 0.15) is 64.7 Å². The third-order valence-electron chi connectivity index (χ3n) is 4.55. The summed E-state index contributed by atoms with van der Waals surface area (Å²) in [5.74, 6) is -0.890. The van der Waals surface area contributed by atoms with Crippen molar-refractivity contribution in [1.29, 1.82) is 0 Å². The van der Waals surface area contributed by atoms with E-state index in [1.165, 1.54) is 12.8 Å². The summed E-state index contributed by atoms with van der Waals surface area (Å²) in [4.78, 5) is 10.5. The van der Waals surface area contributed by atoms with E-state index in [2.05, 4.69) is 13.0 Å². The van der Waals surface area contributed by atoms with Gasteiger partial charge in [-0.15, -0.1) is 0 Å². The molecule has 150 valence electrons. The van der Waals surface area contributed by atoms with Crippen LogP contribution in [0.25, 0.3) is 0 Å². The van der Waals surface area contributed by atoms with Gasteiger partial charge in [0, 0.05) is 12.8 Å². The number of aliphatic hydroxyl groups excluding tert-OH is 3. The zero-order valence-corrected chi connectivity index (χ0v) is 15.7. The summed E-state index contributed by atoms with van der Waals surface area (Å²) < 4.78 is 5.65. The van der Waals surface area contributed by atoms with E-state index in [9.17, 15) is 20.1 Å². The monoisotopic (exact) mass is 370 g/mol. The second-order valence-electron chi connectivity index (χ2n) is 6.95. The highest BCUT2D eigenvalue weighted by Gasteiger charge is 2.36. The third-order valence-corrected chi connectivity index (χ3v) is 4.55. The summed E-state index contributed by atoms with van der Waals surface area (Å²) in [7, 11) is 0. The first-order valence-corrected chi connectivity index (χ1v) is 9.68. The fraction of sp³-hybridized carbons (Fsp3) is 0.750. The van der Waals surface area contributed by atoms with Gasteiger partial charge in [-0.25, -0.2) is 0 Å². The van der Waals surface area contributed by atoms with Gasteiger partial charge >= 0.3 is 5.97 Å². The van der Waals surface area contributed by atoms with Crippen LogP contribution in [0, 0.1) is 0 Å². The van der Waals surface area contributed by atoms with Gasteiger partial charge in [0.15, 0.2) is 0 Å². The van der Waals surface area contributed by atoms with Gasteiger partial charge in [-0.1, -0.05) is 44.1 Å². The smallest absolute Gasteiger partial charge is 0.303 e. The molecule has 0 bridgehead atoms. The summed E-state index contributed by atoms with van der Waals surface area (Å²) in [5.41, 5.74) is 0. The lowest BCUT2D eigenvalue weighted by atomic mass is 10.0. The second-order valence-corrected chi connectivity index (χ2v) is 6.95. The molecule has 0 amide bonds. The molecule has 1 aliphatic rings. The molecule has 6 heteroatoms. The van der Waals surface area contributed by atoms with E-state index >= 15 is 0 Å². The predicted molar refractivity (Wildman–Crippen MR) is 99.8 cm³/mol. The number of carbonyl (C=O) groups is 1. The molecular weight excluding hydrogens is 336 g/mol. The van der Waals surface area contributed by atoms with Gasteiger partial charge in [-0.05, 0) is 32.1 Å². The Hall–Kier alpha value is -1.21. The highest BCUT2D eigenvalue weighted by atomic mass is 16.5. The SMILES string of the molecule is CCCCC/C=C\C[C@H](O)/C=C/[C@@H]1O[C@H]([C@@H](O)CCCC(=O)O)C[C@@H]1O. The standard InChI is InChI=1S/C20H34O6/c1-2-3-4-5-6-7-9-15(21)12-13-18-17(23)14-19(26-18)16(22)10-8-11-20(24)25/h6-7,12-13,15-19,21-23H,2-5,8-11,14H2,1H3,(H,24,25)/b7-6-,13-12+/t15-,16-,17-,18-,19-/m0/s1. The highest BCUT2D eigenvalue weighted by Crippen LogP contribution is 2.26. The Morgan fingerprint density at radius 2 is 2.00 bits per heavy atom. The molecule has 5 atom stereocenters. The fourth-order valence-corrected chi connectivity index (χ4v) is 2.97. The lowest BCUT2D eigenvalue weighted by molar-refractivity contribution is -0.137. The lowest BCUT2D eigenvalue weighted by Crippen LogP contribution is -2.26. The highest BCUT2D eigenvalue weighted by molar-refractivity contribution is 5.66. The fourth-order valence-electron chi connectivity index (χ4n) is 2.97. The van der Waals surface area contributed by atoms with Gasteiger partial charge in [0.2, 0.25) is 0 Å². The minimum Gasteiger partial charge on any atom is -0.481 e. The van der Waals surface area contributed by atoms with E-state index in [4.69, 9.17) is 9.84 Å². The third kappa shape index (κ3) is 9.48. The van der Waals surface area contributed by atoms with Crippen molar-refractivity contribution in [1.82, 2.24) is 0 Å². The van der Waals surface area contributed by atoms with Crippen molar-refractivity contribution in [2.75, 3.05) is 0 Å². The van der Waals surface area contributed by atoms with Crippen molar-refractivity contribution in [3.63, 3.8) is 0 Å². The molecule has 4 N–H and O–H groups in total. The van der Waals surface area contributed by atoms with Crippen molar-refractivity contribution in [3.8, 4) is 0 Å². The zero-order valence-electron chi connectivity index (χ0n) is 15.7. The minimum absolute atomic E-state index is 0.00776. The number of aliphatic hydroxyl groups is 3. The summed E-state index contributed by atoms with van der Waals surface area (Å²) in [6.07, 6.45) is 10.2. The Morgan fingerprint density at radius 1 is 1.23 bits per heavy atom. The second kappa shape index (κ2) is 13.0. The predicted octanol–water partition coefficient (Wildman–Crippen LogP) is 2.56. The molecule has 1 saturated heterocycles. The molecule has 0 spiro atoms. The number of hydrogen-bond acceptors (Lipinski definition) is 5. The molecule has 1 aliphatic heterocycles. The van der Waals surface area contributed by atoms with E-state index in [1.807, 2.05) is 6.08 Å². The molecule has 26 heavy (non-hydrogen) atoms. The number of aliphatic carboxylic acids is 1. The number of unbranched alkanes of at least 4 members (excludes halogenated alkanes) is 3. The van der Waals surface area contributed by atoms with Crippen molar-refractivity contribution < 1.29 is 30.0 Å². The number of allylic oxidation sites excluding steroid dienone is 1. The lowest BCUT2D eigenvalue weighted by Gasteiger charge is -2.17. The van der Waals surface area contributed by atoms with Crippen molar-refractivity contribution in [2.45, 2.75) is 95.2 Å². The van der Waals surface area contributed by atoms with E-state index in [1.54, 1.807) is 12.2 Å². The maximum atomic E-state index is 10.5. The van der Waals surface area contributed by atoms with E-state index in [0.717, 1.165) is 12.8 Å². The first kappa shape index (κ1) is 22.8. The van der Waals surface area contributed by atoms with Crippen LogP contribution in [-0.4, -0.2) is 56.9 Å². The van der Waals surface area contributed by atoms with E-state index in [0.29, 0.717) is 25.7 Å². The van der Waals surface area contributed by atoms with Gasteiger partial charge in [-0.3, -0.25) is 4.79 Å². The number of rotatable bonds is 13. The summed E-state index contributed by atoms with van der Waals surface area (Å²) in [5, 5.41) is 38.7. The molecule has 0 unspecified atom stereocenters. The van der Waals surface area contributed by atoms with Crippen molar-refractivity contribution >= 4 is 5.97 Å². The Labute approximate surface area is 156 Å². The summed E-state index contributed by atoms with van der Waals surface area (Å²) >= 11 is 0. The Kier molecular flexibility index (Phi) is 11.4. The van der Waals surface area contributed by atoms with Crippen LogP contribution in [0.15, 0.2) is 24.3 Å². The first-order chi connectivity index (χ1) is 12.4. The van der Waals surface area contributed by atoms with Crippen LogP contribution in [-0.2, 0) is 9.53 Å². The molecular formula is C20H34O6. The molecule has 0 saturated carbocycles. The number of hydrogen-bond donors (Lipinski definition) is 4. The van der Waals surface area contributed by atoms with Gasteiger partial charge in [0.05, 0.1) is 24.4 Å². The maximum Gasteiger partial charge on any atom is 0.303 e. The molecule has 0 aromatic carbocycles. The first-order valence-electron chi connectivity index (χ1n) is 9.68. The molecule has 0 aromatic rings.